The molecule has 0 atom stereocenters. The van der Waals surface area contributed by atoms with Gasteiger partial charge in [-0.05, 0) is 37.0 Å². The molecule has 0 aliphatic heterocycles. The van der Waals surface area contributed by atoms with Crippen LogP contribution in [0, 0.1) is 13.8 Å². The number of fused-ring (bicyclic) bond motifs is 6. The first-order valence-electron chi connectivity index (χ1n) is 8.45. The molecule has 24 heavy (non-hydrogen) atoms. The number of hydrogen-bond acceptors (Lipinski definition) is 2. The molecule has 3 nitrogen and oxygen atoms in total. The van der Waals surface area contributed by atoms with Gasteiger partial charge in [0.1, 0.15) is 13.4 Å². The van der Waals surface area contributed by atoms with Gasteiger partial charge in [0.15, 0.2) is 6.20 Å². The van der Waals surface area contributed by atoms with Gasteiger partial charge in [-0.3, -0.25) is 0 Å². The lowest BCUT2D eigenvalue weighted by Gasteiger charge is -2.16. The zero-order valence-corrected chi connectivity index (χ0v) is 14.9. The maximum Gasteiger partial charge on any atom is 0.224 e. The summed E-state index contributed by atoms with van der Waals surface area (Å²) in [4.78, 5) is 9.20. The number of rotatable bonds is 1. The van der Waals surface area contributed by atoms with Gasteiger partial charge in [-0.2, -0.15) is 0 Å². The molecule has 2 aromatic carbocycles. The molecule has 0 radical (unpaired) electrons. The van der Waals surface area contributed by atoms with Crippen molar-refractivity contribution in [2.45, 2.75) is 33.6 Å². The van der Waals surface area contributed by atoms with Crippen LogP contribution < -0.4 is 4.57 Å². The van der Waals surface area contributed by atoms with Crippen LogP contribution in [0.15, 0.2) is 36.8 Å². The SMILES string of the molecule is Cc1ccc(C(C)C)c2c3ncnc(C)c3c3c(ccc[n+]3C)c12. The summed E-state index contributed by atoms with van der Waals surface area (Å²) in [5, 5.41) is 5.04. The van der Waals surface area contributed by atoms with Crippen LogP contribution in [0.1, 0.15) is 36.6 Å². The quantitative estimate of drug-likeness (QED) is 0.382. The highest BCUT2D eigenvalue weighted by Crippen LogP contribution is 2.38. The largest absolute Gasteiger partial charge is 0.241 e. The molecule has 2 aromatic heterocycles. The standard InChI is InChI=1S/C21H22N3/c1-12(2)15-9-8-13(3)17-16-7-6-10-24(5)21(16)18-14(4)22-11-23-20(18)19(15)17/h6-12H,1-5H3/q+1. The van der Waals surface area contributed by atoms with Crippen molar-refractivity contribution < 1.29 is 4.57 Å². The molecule has 4 aromatic rings. The topological polar surface area (TPSA) is 29.7 Å². The van der Waals surface area contributed by atoms with Crippen LogP contribution in [0.25, 0.3) is 32.6 Å². The van der Waals surface area contributed by atoms with Crippen molar-refractivity contribution in [1.29, 1.82) is 0 Å². The minimum Gasteiger partial charge on any atom is -0.241 e. The average Bonchev–Trinajstić information content (AvgIpc) is 2.55. The van der Waals surface area contributed by atoms with Crippen LogP contribution in [0.2, 0.25) is 0 Å². The van der Waals surface area contributed by atoms with Gasteiger partial charge >= 0.3 is 0 Å². The van der Waals surface area contributed by atoms with Crippen LogP contribution in [-0.2, 0) is 7.05 Å². The fourth-order valence-corrected chi connectivity index (χ4v) is 3.88. The number of nitrogens with zero attached hydrogens (tertiary/aromatic N) is 3. The number of benzene rings is 2. The van der Waals surface area contributed by atoms with Crippen LogP contribution in [0.5, 0.6) is 0 Å². The van der Waals surface area contributed by atoms with Crippen molar-refractivity contribution in [3.05, 3.63) is 53.6 Å². The van der Waals surface area contributed by atoms with Gasteiger partial charge in [0, 0.05) is 16.8 Å². The fraction of sp³-hybridized carbons (Fsp3) is 0.286. The van der Waals surface area contributed by atoms with Gasteiger partial charge in [0.05, 0.1) is 22.0 Å². The van der Waals surface area contributed by atoms with Crippen molar-refractivity contribution >= 4 is 32.6 Å². The summed E-state index contributed by atoms with van der Waals surface area (Å²) in [6.07, 6.45) is 3.79. The Bertz CT molecular complexity index is 1110. The third-order valence-corrected chi connectivity index (χ3v) is 5.03. The molecular formula is C21H22N3+. The number of aryl methyl sites for hydroxylation is 3. The van der Waals surface area contributed by atoms with E-state index >= 15 is 0 Å². The second-order valence-electron chi connectivity index (χ2n) is 6.94. The molecule has 0 N–H and O–H groups in total. The van der Waals surface area contributed by atoms with Crippen molar-refractivity contribution in [1.82, 2.24) is 9.97 Å². The number of hydrogen-bond donors (Lipinski definition) is 0. The van der Waals surface area contributed by atoms with Crippen molar-refractivity contribution in [2.24, 2.45) is 7.05 Å². The van der Waals surface area contributed by atoms with Gasteiger partial charge in [0.2, 0.25) is 5.52 Å². The summed E-state index contributed by atoms with van der Waals surface area (Å²) in [6.45, 7) is 8.77. The molecule has 2 heterocycles. The van der Waals surface area contributed by atoms with E-state index < -0.39 is 0 Å². The Kier molecular flexibility index (Phi) is 3.27. The highest BCUT2D eigenvalue weighted by Gasteiger charge is 2.21. The molecule has 120 valence electrons. The van der Waals surface area contributed by atoms with Crippen LogP contribution in [-0.4, -0.2) is 9.97 Å². The molecule has 0 saturated heterocycles. The smallest absolute Gasteiger partial charge is 0.224 e. The molecule has 0 saturated carbocycles. The maximum absolute atomic E-state index is 4.72. The predicted molar refractivity (Wildman–Crippen MR) is 99.3 cm³/mol. The van der Waals surface area contributed by atoms with Gasteiger partial charge in [0.25, 0.3) is 0 Å². The molecule has 4 rings (SSSR count). The summed E-state index contributed by atoms with van der Waals surface area (Å²) >= 11 is 0. The number of aromatic nitrogens is 3. The molecule has 0 fully saturated rings. The van der Waals surface area contributed by atoms with Crippen LogP contribution in [0.3, 0.4) is 0 Å². The van der Waals surface area contributed by atoms with Crippen molar-refractivity contribution in [3.63, 3.8) is 0 Å². The lowest BCUT2D eigenvalue weighted by molar-refractivity contribution is -0.644. The van der Waals surface area contributed by atoms with E-state index in [0.29, 0.717) is 5.92 Å². The third kappa shape index (κ3) is 1.94. The first-order chi connectivity index (χ1) is 11.5. The predicted octanol–water partition coefficient (Wildman–Crippen LogP) is 4.50. The highest BCUT2D eigenvalue weighted by atomic mass is 14.9. The minimum atomic E-state index is 0.446. The Hall–Kier alpha value is -2.55. The van der Waals surface area contributed by atoms with Crippen LogP contribution in [0.4, 0.5) is 0 Å². The molecular weight excluding hydrogens is 294 g/mol. The van der Waals surface area contributed by atoms with E-state index in [1.165, 1.54) is 32.8 Å². The van der Waals surface area contributed by atoms with E-state index in [0.717, 1.165) is 16.6 Å². The summed E-state index contributed by atoms with van der Waals surface area (Å²) in [7, 11) is 2.10. The lowest BCUT2D eigenvalue weighted by atomic mass is 9.89. The zero-order chi connectivity index (χ0) is 17.0. The van der Waals surface area contributed by atoms with Crippen molar-refractivity contribution in [2.75, 3.05) is 0 Å². The molecule has 3 heteroatoms. The normalized spacial score (nSPS) is 11.9. The Balaban J connectivity index is 2.48. The Morgan fingerprint density at radius 3 is 2.50 bits per heavy atom. The molecule has 0 aliphatic carbocycles. The molecule has 0 unspecified atom stereocenters. The monoisotopic (exact) mass is 316 g/mol. The Morgan fingerprint density at radius 2 is 1.75 bits per heavy atom. The lowest BCUT2D eigenvalue weighted by Crippen LogP contribution is -2.28. The minimum absolute atomic E-state index is 0.446. The van der Waals surface area contributed by atoms with E-state index in [4.69, 9.17) is 4.98 Å². The van der Waals surface area contributed by atoms with Crippen LogP contribution >= 0.6 is 0 Å². The van der Waals surface area contributed by atoms with E-state index in [1.54, 1.807) is 6.33 Å². The van der Waals surface area contributed by atoms with E-state index in [-0.39, 0.29) is 0 Å². The second kappa shape index (κ2) is 5.23. The zero-order valence-electron chi connectivity index (χ0n) is 14.9. The van der Waals surface area contributed by atoms with Gasteiger partial charge in [-0.25, -0.2) is 14.5 Å². The Morgan fingerprint density at radius 1 is 0.958 bits per heavy atom. The first-order valence-corrected chi connectivity index (χ1v) is 8.45. The average molecular weight is 316 g/mol. The molecule has 0 aliphatic rings. The highest BCUT2D eigenvalue weighted by molar-refractivity contribution is 6.24. The second-order valence-corrected chi connectivity index (χ2v) is 6.94. The maximum atomic E-state index is 4.72. The van der Waals surface area contributed by atoms with E-state index in [1.807, 2.05) is 0 Å². The summed E-state index contributed by atoms with van der Waals surface area (Å²) in [5.41, 5.74) is 5.96. The molecule has 0 amide bonds. The summed E-state index contributed by atoms with van der Waals surface area (Å²) in [6, 6.07) is 8.84. The first kappa shape index (κ1) is 15.0. The third-order valence-electron chi connectivity index (χ3n) is 5.03. The summed E-state index contributed by atoms with van der Waals surface area (Å²) in [5.74, 6) is 0.446. The van der Waals surface area contributed by atoms with E-state index in [9.17, 15) is 0 Å². The van der Waals surface area contributed by atoms with Gasteiger partial charge < -0.3 is 0 Å². The molecule has 0 bridgehead atoms. The van der Waals surface area contributed by atoms with Gasteiger partial charge in [-0.1, -0.05) is 26.0 Å². The van der Waals surface area contributed by atoms with E-state index in [2.05, 4.69) is 74.8 Å². The summed E-state index contributed by atoms with van der Waals surface area (Å²) < 4.78 is 2.19. The fourth-order valence-electron chi connectivity index (χ4n) is 3.88. The molecule has 0 spiro atoms. The van der Waals surface area contributed by atoms with Crippen molar-refractivity contribution in [3.8, 4) is 0 Å². The number of pyridine rings is 1. The Labute approximate surface area is 142 Å². The van der Waals surface area contributed by atoms with Gasteiger partial charge in [-0.15, -0.1) is 0 Å².